The summed E-state index contributed by atoms with van der Waals surface area (Å²) in [4.78, 5) is 12.8. The number of nitrogens with one attached hydrogen (secondary N) is 1. The normalized spacial score (nSPS) is 15.5. The van der Waals surface area contributed by atoms with Crippen LogP contribution in [0.25, 0.3) is 0 Å². The van der Waals surface area contributed by atoms with Crippen LogP contribution in [-0.2, 0) is 20.6 Å². The summed E-state index contributed by atoms with van der Waals surface area (Å²) in [5.41, 5.74) is 0.573. The number of aromatic nitrogens is 2. The number of piperidine rings is 1. The van der Waals surface area contributed by atoms with Gasteiger partial charge in [-0.3, -0.25) is 4.79 Å². The summed E-state index contributed by atoms with van der Waals surface area (Å²) in [6.45, 7) is 0.506. The first-order valence-corrected chi connectivity index (χ1v) is 13.7. The number of sulfonamides is 1. The summed E-state index contributed by atoms with van der Waals surface area (Å²) in [5, 5.41) is 11.6. The zero-order valence-electron chi connectivity index (χ0n) is 17.3. The number of benzene rings is 2. The molecule has 1 fully saturated rings. The Balaban J connectivity index is 1.29. The molecule has 7 nitrogen and oxygen atoms in total. The van der Waals surface area contributed by atoms with Crippen molar-refractivity contribution in [1.82, 2.24) is 14.5 Å². The summed E-state index contributed by atoms with van der Waals surface area (Å²) in [6, 6.07) is 12.6. The van der Waals surface area contributed by atoms with Crippen LogP contribution in [0.5, 0.6) is 0 Å². The molecule has 0 saturated carbocycles. The van der Waals surface area contributed by atoms with Crippen molar-refractivity contribution in [3.8, 4) is 0 Å². The number of thioether (sulfide) groups is 1. The van der Waals surface area contributed by atoms with Gasteiger partial charge >= 0.3 is 0 Å². The molecule has 0 atom stereocenters. The van der Waals surface area contributed by atoms with E-state index in [9.17, 15) is 17.6 Å². The van der Waals surface area contributed by atoms with Gasteiger partial charge in [-0.05, 0) is 48.7 Å². The van der Waals surface area contributed by atoms with Crippen molar-refractivity contribution in [2.24, 2.45) is 5.92 Å². The van der Waals surface area contributed by atoms with Crippen LogP contribution in [0, 0.1) is 11.7 Å². The van der Waals surface area contributed by atoms with E-state index in [2.05, 4.69) is 15.5 Å². The first-order valence-electron chi connectivity index (χ1n) is 10.1. The molecule has 4 rings (SSSR count). The van der Waals surface area contributed by atoms with Crippen molar-refractivity contribution in [1.29, 1.82) is 0 Å². The zero-order valence-corrected chi connectivity index (χ0v) is 20.5. The summed E-state index contributed by atoms with van der Waals surface area (Å²) >= 11 is 8.41. The lowest BCUT2D eigenvalue weighted by Crippen LogP contribution is -2.41. The fourth-order valence-electron chi connectivity index (χ4n) is 3.39. The summed E-state index contributed by atoms with van der Waals surface area (Å²) < 4.78 is 41.3. The topological polar surface area (TPSA) is 92.3 Å². The minimum atomic E-state index is -3.62. The van der Waals surface area contributed by atoms with Gasteiger partial charge in [0.05, 0.1) is 4.90 Å². The van der Waals surface area contributed by atoms with E-state index in [1.54, 1.807) is 30.3 Å². The average Bonchev–Trinajstić information content (AvgIpc) is 3.26. The fraction of sp³-hybridized carbons (Fsp3) is 0.286. The Morgan fingerprint density at radius 3 is 2.55 bits per heavy atom. The molecule has 3 aromatic rings. The Labute approximate surface area is 204 Å². The monoisotopic (exact) mass is 526 g/mol. The number of anilines is 1. The number of nitrogens with zero attached hydrogens (tertiary/aromatic N) is 3. The molecule has 1 saturated heterocycles. The first kappa shape index (κ1) is 24.1. The molecular formula is C21H20ClFN4O3S3. The minimum absolute atomic E-state index is 0.184. The Morgan fingerprint density at radius 1 is 1.15 bits per heavy atom. The second-order valence-electron chi connectivity index (χ2n) is 7.37. The number of halogens is 2. The van der Waals surface area contributed by atoms with Gasteiger partial charge < -0.3 is 5.32 Å². The van der Waals surface area contributed by atoms with Crippen molar-refractivity contribution in [2.75, 3.05) is 18.4 Å². The van der Waals surface area contributed by atoms with E-state index in [1.165, 1.54) is 45.6 Å². The largest absolute Gasteiger partial charge is 0.300 e. The van der Waals surface area contributed by atoms with E-state index in [0.29, 0.717) is 38.7 Å². The van der Waals surface area contributed by atoms with Crippen molar-refractivity contribution in [2.45, 2.75) is 27.8 Å². The molecule has 0 spiro atoms. The number of hydrogen-bond donors (Lipinski definition) is 1. The van der Waals surface area contributed by atoms with E-state index in [1.807, 2.05) is 0 Å². The predicted octanol–water partition coefficient (Wildman–Crippen LogP) is 4.66. The van der Waals surface area contributed by atoms with Crippen LogP contribution in [0.3, 0.4) is 0 Å². The third-order valence-electron chi connectivity index (χ3n) is 5.22. The van der Waals surface area contributed by atoms with E-state index in [-0.39, 0.29) is 35.6 Å². The second-order valence-corrected chi connectivity index (χ2v) is 11.9. The Hall–Kier alpha value is -2.05. The van der Waals surface area contributed by atoms with Crippen molar-refractivity contribution >= 4 is 55.8 Å². The molecular weight excluding hydrogens is 507 g/mol. The lowest BCUT2D eigenvalue weighted by molar-refractivity contribution is -0.120. The Bertz CT molecular complexity index is 1230. The quantitative estimate of drug-likeness (QED) is 0.355. The average molecular weight is 527 g/mol. The van der Waals surface area contributed by atoms with Gasteiger partial charge in [0.15, 0.2) is 4.34 Å². The standard InChI is InChI=1S/C21H20ClFN4O3S3/c22-16-5-7-17(8-6-16)33(29,30)27-11-9-14(10-12-27)19(28)24-20-25-26-21(32-20)31-13-15-3-1-2-4-18(15)23/h1-8,14H,9-13H2,(H,24,25,28). The van der Waals surface area contributed by atoms with Crippen molar-refractivity contribution in [3.63, 3.8) is 0 Å². The second kappa shape index (κ2) is 10.5. The van der Waals surface area contributed by atoms with Crippen LogP contribution < -0.4 is 5.32 Å². The highest BCUT2D eigenvalue weighted by Crippen LogP contribution is 2.30. The minimum Gasteiger partial charge on any atom is -0.300 e. The van der Waals surface area contributed by atoms with Crippen LogP contribution >= 0.6 is 34.7 Å². The van der Waals surface area contributed by atoms with Gasteiger partial charge in [-0.15, -0.1) is 10.2 Å². The summed E-state index contributed by atoms with van der Waals surface area (Å²) in [7, 11) is -3.62. The number of rotatable bonds is 7. The van der Waals surface area contributed by atoms with Gasteiger partial charge in [-0.25, -0.2) is 12.8 Å². The lowest BCUT2D eigenvalue weighted by Gasteiger charge is -2.30. The van der Waals surface area contributed by atoms with Crippen LogP contribution in [0.1, 0.15) is 18.4 Å². The number of carbonyl (C=O) groups is 1. The van der Waals surface area contributed by atoms with E-state index in [4.69, 9.17) is 11.6 Å². The first-order chi connectivity index (χ1) is 15.8. The molecule has 2 heterocycles. The highest BCUT2D eigenvalue weighted by Gasteiger charge is 2.32. The lowest BCUT2D eigenvalue weighted by atomic mass is 9.97. The van der Waals surface area contributed by atoms with Gasteiger partial charge in [0.25, 0.3) is 0 Å². The third kappa shape index (κ3) is 5.90. The molecule has 0 aliphatic carbocycles. The molecule has 2 aromatic carbocycles. The molecule has 1 aromatic heterocycles. The van der Waals surface area contributed by atoms with Gasteiger partial charge in [0.1, 0.15) is 5.82 Å². The van der Waals surface area contributed by atoms with Gasteiger partial charge in [-0.2, -0.15) is 4.31 Å². The maximum absolute atomic E-state index is 13.7. The third-order valence-corrected chi connectivity index (χ3v) is 9.41. The van der Waals surface area contributed by atoms with Crippen LogP contribution in [0.15, 0.2) is 57.8 Å². The molecule has 0 radical (unpaired) electrons. The highest BCUT2D eigenvalue weighted by molar-refractivity contribution is 8.00. The molecule has 0 bridgehead atoms. The molecule has 1 aliphatic heterocycles. The molecule has 1 aliphatic rings. The molecule has 1 N–H and O–H groups in total. The molecule has 0 unspecified atom stereocenters. The molecule has 33 heavy (non-hydrogen) atoms. The maximum atomic E-state index is 13.7. The summed E-state index contributed by atoms with van der Waals surface area (Å²) in [5.74, 6) is -0.386. The van der Waals surface area contributed by atoms with E-state index >= 15 is 0 Å². The smallest absolute Gasteiger partial charge is 0.243 e. The van der Waals surface area contributed by atoms with Crippen molar-refractivity contribution < 1.29 is 17.6 Å². The van der Waals surface area contributed by atoms with Gasteiger partial charge in [0.2, 0.25) is 21.1 Å². The number of hydrogen-bond acceptors (Lipinski definition) is 7. The number of carbonyl (C=O) groups excluding carboxylic acids is 1. The zero-order chi connectivity index (χ0) is 23.4. The van der Waals surface area contributed by atoms with Crippen LogP contribution in [-0.4, -0.2) is 41.9 Å². The Kier molecular flexibility index (Phi) is 7.65. The van der Waals surface area contributed by atoms with Crippen molar-refractivity contribution in [3.05, 3.63) is 64.9 Å². The molecule has 174 valence electrons. The number of amides is 1. The van der Waals surface area contributed by atoms with Crippen LogP contribution in [0.4, 0.5) is 9.52 Å². The summed E-state index contributed by atoms with van der Waals surface area (Å²) in [6.07, 6.45) is 0.818. The highest BCUT2D eigenvalue weighted by atomic mass is 35.5. The van der Waals surface area contributed by atoms with Gasteiger partial charge in [-0.1, -0.05) is 52.9 Å². The maximum Gasteiger partial charge on any atom is 0.243 e. The van der Waals surface area contributed by atoms with E-state index in [0.717, 1.165) is 0 Å². The fourth-order valence-corrected chi connectivity index (χ4v) is 6.73. The predicted molar refractivity (Wildman–Crippen MR) is 127 cm³/mol. The van der Waals surface area contributed by atoms with E-state index < -0.39 is 10.0 Å². The van der Waals surface area contributed by atoms with Crippen LogP contribution in [0.2, 0.25) is 5.02 Å². The SMILES string of the molecule is O=C(Nc1nnc(SCc2ccccc2F)s1)C1CCN(S(=O)(=O)c2ccc(Cl)cc2)CC1. The van der Waals surface area contributed by atoms with Gasteiger partial charge in [0, 0.05) is 29.8 Å². The Morgan fingerprint density at radius 2 is 1.85 bits per heavy atom. The molecule has 1 amide bonds. The molecule has 12 heteroatoms.